The van der Waals surface area contributed by atoms with E-state index in [1.54, 1.807) is 0 Å². The molecule has 0 saturated carbocycles. The van der Waals surface area contributed by atoms with E-state index in [2.05, 4.69) is 62.9 Å². The highest BCUT2D eigenvalue weighted by molar-refractivity contribution is 5.93. The Hall–Kier alpha value is -3.25. The molecule has 3 aromatic rings. The highest BCUT2D eigenvalue weighted by atomic mass is 16.5. The number of ether oxygens (including phenoxy) is 1. The molecule has 2 aliphatic heterocycles. The summed E-state index contributed by atoms with van der Waals surface area (Å²) in [7, 11) is 0. The van der Waals surface area contributed by atoms with Gasteiger partial charge in [-0.3, -0.25) is 4.99 Å². The molecule has 0 saturated heterocycles. The van der Waals surface area contributed by atoms with Crippen LogP contribution in [0.1, 0.15) is 73.9 Å². The first kappa shape index (κ1) is 24.1. The van der Waals surface area contributed by atoms with Crippen molar-refractivity contribution in [3.8, 4) is 16.9 Å². The summed E-state index contributed by atoms with van der Waals surface area (Å²) in [6.45, 7) is 13.0. The predicted octanol–water partition coefficient (Wildman–Crippen LogP) is 6.03. The van der Waals surface area contributed by atoms with Crippen LogP contribution in [-0.2, 0) is 25.8 Å². The number of nitrogens with two attached hydrogens (primary N) is 1. The van der Waals surface area contributed by atoms with Crippen molar-refractivity contribution in [1.29, 1.82) is 0 Å². The number of benzene rings is 2. The molecule has 3 heterocycles. The van der Waals surface area contributed by atoms with Crippen molar-refractivity contribution in [2.75, 3.05) is 18.1 Å². The Morgan fingerprint density at radius 1 is 1.05 bits per heavy atom. The van der Waals surface area contributed by atoms with Crippen LogP contribution in [0.5, 0.6) is 5.75 Å². The van der Waals surface area contributed by atoms with Crippen molar-refractivity contribution < 1.29 is 4.74 Å². The standard InChI is InChI=1S/C31H37N5O/c1-18-12-23(21-6-7-22-13-19(2)33-27(22)15-21)14-24-17-36(10-11-37-28(18)24)30-25-16-31(4,5)9-8-26(25)34-29(35-30)20(3)32/h6-7,12,14-15,20H,8-11,13,16-17,32H2,1-5H3. The summed E-state index contributed by atoms with van der Waals surface area (Å²) in [5, 5.41) is 0. The molecule has 1 aromatic heterocycles. The second kappa shape index (κ2) is 8.95. The van der Waals surface area contributed by atoms with Gasteiger partial charge < -0.3 is 15.4 Å². The maximum absolute atomic E-state index is 6.34. The average molecular weight is 496 g/mol. The molecule has 3 aliphatic rings. The molecule has 0 bridgehead atoms. The van der Waals surface area contributed by atoms with E-state index in [0.29, 0.717) is 6.61 Å². The minimum Gasteiger partial charge on any atom is -0.491 e. The van der Waals surface area contributed by atoms with Crippen LogP contribution in [0.3, 0.4) is 0 Å². The summed E-state index contributed by atoms with van der Waals surface area (Å²) in [5.41, 5.74) is 17.3. The van der Waals surface area contributed by atoms with Crippen LogP contribution in [0.25, 0.3) is 11.1 Å². The molecule has 2 aromatic carbocycles. The van der Waals surface area contributed by atoms with Crippen molar-refractivity contribution in [1.82, 2.24) is 9.97 Å². The number of rotatable bonds is 3. The molecule has 1 aliphatic carbocycles. The Morgan fingerprint density at radius 2 is 1.89 bits per heavy atom. The summed E-state index contributed by atoms with van der Waals surface area (Å²) in [4.78, 5) is 17.1. The molecular formula is C31H37N5O. The minimum absolute atomic E-state index is 0.200. The van der Waals surface area contributed by atoms with E-state index in [9.17, 15) is 0 Å². The normalized spacial score (nSPS) is 18.8. The lowest BCUT2D eigenvalue weighted by Gasteiger charge is -2.34. The second-order valence-corrected chi connectivity index (χ2v) is 11.9. The highest BCUT2D eigenvalue weighted by Crippen LogP contribution is 2.41. The number of hydrogen-bond acceptors (Lipinski definition) is 6. The summed E-state index contributed by atoms with van der Waals surface area (Å²) in [6.07, 6.45) is 4.04. The quantitative estimate of drug-likeness (QED) is 0.480. The number of aromatic nitrogens is 2. The van der Waals surface area contributed by atoms with Gasteiger partial charge in [-0.1, -0.05) is 26.0 Å². The maximum Gasteiger partial charge on any atom is 0.147 e. The summed E-state index contributed by atoms with van der Waals surface area (Å²) in [5.74, 6) is 2.77. The molecule has 1 unspecified atom stereocenters. The van der Waals surface area contributed by atoms with E-state index in [1.165, 1.54) is 39.2 Å². The number of fused-ring (bicyclic) bond motifs is 3. The molecule has 6 rings (SSSR count). The first-order chi connectivity index (χ1) is 17.7. The molecule has 6 heteroatoms. The number of hydrogen-bond donors (Lipinski definition) is 1. The molecule has 192 valence electrons. The average Bonchev–Trinajstić information content (AvgIpc) is 3.08. The van der Waals surface area contributed by atoms with Crippen LogP contribution in [0.2, 0.25) is 0 Å². The van der Waals surface area contributed by atoms with Crippen LogP contribution in [-0.4, -0.2) is 28.8 Å². The van der Waals surface area contributed by atoms with Gasteiger partial charge in [-0.2, -0.15) is 0 Å². The molecular weight excluding hydrogens is 458 g/mol. The highest BCUT2D eigenvalue weighted by Gasteiger charge is 2.32. The number of aliphatic imine (C=N–C) groups is 1. The Balaban J connectivity index is 1.41. The van der Waals surface area contributed by atoms with Crippen LogP contribution >= 0.6 is 0 Å². The second-order valence-electron chi connectivity index (χ2n) is 11.9. The van der Waals surface area contributed by atoms with Crippen molar-refractivity contribution >= 4 is 17.2 Å². The van der Waals surface area contributed by atoms with Gasteiger partial charge in [-0.15, -0.1) is 0 Å². The van der Waals surface area contributed by atoms with Gasteiger partial charge in [0.2, 0.25) is 0 Å². The van der Waals surface area contributed by atoms with Crippen LogP contribution in [0, 0.1) is 12.3 Å². The van der Waals surface area contributed by atoms with E-state index in [0.717, 1.165) is 67.4 Å². The van der Waals surface area contributed by atoms with Gasteiger partial charge in [-0.05, 0) is 85.9 Å². The zero-order valence-electron chi connectivity index (χ0n) is 22.7. The number of anilines is 1. The van der Waals surface area contributed by atoms with E-state index in [-0.39, 0.29) is 11.5 Å². The Morgan fingerprint density at radius 3 is 2.70 bits per heavy atom. The molecule has 0 amide bonds. The van der Waals surface area contributed by atoms with Gasteiger partial charge >= 0.3 is 0 Å². The first-order valence-electron chi connectivity index (χ1n) is 13.5. The van der Waals surface area contributed by atoms with Gasteiger partial charge in [0, 0.05) is 35.5 Å². The van der Waals surface area contributed by atoms with Crippen molar-refractivity contribution in [2.24, 2.45) is 16.1 Å². The fourth-order valence-corrected chi connectivity index (χ4v) is 5.99. The van der Waals surface area contributed by atoms with Crippen molar-refractivity contribution in [3.05, 3.63) is 64.1 Å². The minimum atomic E-state index is -0.200. The predicted molar refractivity (Wildman–Crippen MR) is 150 cm³/mol. The van der Waals surface area contributed by atoms with E-state index in [1.807, 2.05) is 6.92 Å². The van der Waals surface area contributed by atoms with Crippen molar-refractivity contribution in [2.45, 2.75) is 72.9 Å². The molecule has 37 heavy (non-hydrogen) atoms. The monoisotopic (exact) mass is 495 g/mol. The third kappa shape index (κ3) is 4.52. The fraction of sp³-hybridized carbons (Fsp3) is 0.452. The van der Waals surface area contributed by atoms with Gasteiger partial charge in [0.1, 0.15) is 24.0 Å². The lowest BCUT2D eigenvalue weighted by Crippen LogP contribution is -2.32. The van der Waals surface area contributed by atoms with Gasteiger partial charge in [0.15, 0.2) is 0 Å². The van der Waals surface area contributed by atoms with Gasteiger partial charge in [0.05, 0.1) is 18.3 Å². The van der Waals surface area contributed by atoms with Gasteiger partial charge in [0.25, 0.3) is 0 Å². The molecule has 2 N–H and O–H groups in total. The molecule has 0 spiro atoms. The molecule has 6 nitrogen and oxygen atoms in total. The fourth-order valence-electron chi connectivity index (χ4n) is 5.99. The smallest absolute Gasteiger partial charge is 0.147 e. The summed E-state index contributed by atoms with van der Waals surface area (Å²) < 4.78 is 6.34. The van der Waals surface area contributed by atoms with E-state index in [4.69, 9.17) is 25.4 Å². The Kier molecular flexibility index (Phi) is 5.83. The largest absolute Gasteiger partial charge is 0.491 e. The third-order valence-electron chi connectivity index (χ3n) is 7.99. The Bertz CT molecular complexity index is 1420. The molecule has 0 radical (unpaired) electrons. The van der Waals surface area contributed by atoms with Crippen LogP contribution < -0.4 is 15.4 Å². The van der Waals surface area contributed by atoms with E-state index >= 15 is 0 Å². The Labute approximate surface area is 220 Å². The van der Waals surface area contributed by atoms with Crippen LogP contribution in [0.15, 0.2) is 35.3 Å². The lowest BCUT2D eigenvalue weighted by molar-refractivity contribution is 0.310. The maximum atomic E-state index is 6.34. The summed E-state index contributed by atoms with van der Waals surface area (Å²) >= 11 is 0. The molecule has 1 atom stereocenters. The number of nitrogens with zero attached hydrogens (tertiary/aromatic N) is 4. The number of aryl methyl sites for hydroxylation is 2. The first-order valence-corrected chi connectivity index (χ1v) is 13.5. The zero-order valence-corrected chi connectivity index (χ0v) is 22.7. The lowest BCUT2D eigenvalue weighted by atomic mass is 9.76. The van der Waals surface area contributed by atoms with E-state index < -0.39 is 0 Å². The van der Waals surface area contributed by atoms with Gasteiger partial charge in [-0.25, -0.2) is 9.97 Å². The van der Waals surface area contributed by atoms with Crippen LogP contribution in [0.4, 0.5) is 11.5 Å². The SMILES string of the molecule is CC1=Nc2cc(-c3cc(C)c4c(c3)CN(c3nc(C(C)N)nc5c3CC(C)(C)CC5)CCO4)ccc2C1. The van der Waals surface area contributed by atoms with Crippen molar-refractivity contribution in [3.63, 3.8) is 0 Å². The molecule has 0 fully saturated rings. The zero-order chi connectivity index (χ0) is 25.9. The topological polar surface area (TPSA) is 76.6 Å². The summed E-state index contributed by atoms with van der Waals surface area (Å²) in [6, 6.07) is 11.0. The third-order valence-corrected chi connectivity index (χ3v) is 7.99.